The van der Waals surface area contributed by atoms with Gasteiger partial charge in [-0.15, -0.1) is 0 Å². The number of ether oxygens (including phenoxy) is 1. The lowest BCUT2D eigenvalue weighted by Gasteiger charge is -2.14. The first-order valence-electron chi connectivity index (χ1n) is 7.26. The Hall–Kier alpha value is -3.09. The van der Waals surface area contributed by atoms with E-state index < -0.39 is 22.5 Å². The lowest BCUT2D eigenvalue weighted by atomic mass is 10.2. The quantitative estimate of drug-likeness (QED) is 0.544. The molecule has 1 aromatic heterocycles. The number of methoxy groups -OCH3 is 1. The molecule has 1 atom stereocenters. The zero-order chi connectivity index (χ0) is 17.3. The molecule has 0 saturated carbocycles. The van der Waals surface area contributed by atoms with Crippen molar-refractivity contribution in [1.82, 2.24) is 0 Å². The van der Waals surface area contributed by atoms with Crippen molar-refractivity contribution in [3.63, 3.8) is 0 Å². The van der Waals surface area contributed by atoms with Gasteiger partial charge in [0.2, 0.25) is 5.82 Å². The zero-order valence-electron chi connectivity index (χ0n) is 13.1. The molecule has 7 heteroatoms. The first-order valence-corrected chi connectivity index (χ1v) is 7.26. The van der Waals surface area contributed by atoms with Crippen molar-refractivity contribution < 1.29 is 18.5 Å². The number of nitro benzene ring substituents is 1. The molecule has 1 N–H and O–H groups in total. The van der Waals surface area contributed by atoms with Gasteiger partial charge >= 0.3 is 5.69 Å². The maximum Gasteiger partial charge on any atom is 0.327 e. The van der Waals surface area contributed by atoms with Gasteiger partial charge in [-0.1, -0.05) is 18.2 Å². The Morgan fingerprint density at radius 2 is 2.04 bits per heavy atom. The molecule has 0 unspecified atom stereocenters. The number of rotatable bonds is 5. The second-order valence-corrected chi connectivity index (χ2v) is 5.32. The fourth-order valence-corrected chi connectivity index (χ4v) is 2.51. The van der Waals surface area contributed by atoms with Crippen LogP contribution in [0.4, 0.5) is 15.8 Å². The summed E-state index contributed by atoms with van der Waals surface area (Å²) in [6.45, 7) is 1.78. The van der Waals surface area contributed by atoms with Crippen molar-refractivity contribution in [2.45, 2.75) is 13.0 Å². The van der Waals surface area contributed by atoms with Gasteiger partial charge < -0.3 is 14.5 Å². The molecule has 3 aromatic rings. The lowest BCUT2D eigenvalue weighted by Crippen LogP contribution is -2.09. The number of nitro groups is 1. The standard InChI is InChI=1S/C17H15FN2O4/c1-10(16-7-11-5-3-4-6-15(11)24-16)19-14-9-12(23-2)8-13(18)17(14)20(21)22/h3-10,19H,1-2H3/t10-/m1/s1. The second-order valence-electron chi connectivity index (χ2n) is 5.32. The highest BCUT2D eigenvalue weighted by Gasteiger charge is 2.24. The highest BCUT2D eigenvalue weighted by atomic mass is 19.1. The summed E-state index contributed by atoms with van der Waals surface area (Å²) in [5.41, 5.74) is 0.121. The van der Waals surface area contributed by atoms with Crippen LogP contribution in [-0.2, 0) is 0 Å². The Labute approximate surface area is 137 Å². The maximum absolute atomic E-state index is 14.0. The minimum atomic E-state index is -0.960. The van der Waals surface area contributed by atoms with E-state index in [0.29, 0.717) is 11.3 Å². The molecule has 0 aliphatic rings. The molecular weight excluding hydrogens is 315 g/mol. The van der Waals surface area contributed by atoms with Crippen molar-refractivity contribution in [3.05, 3.63) is 64.2 Å². The Balaban J connectivity index is 1.97. The summed E-state index contributed by atoms with van der Waals surface area (Å²) in [7, 11) is 1.37. The van der Waals surface area contributed by atoms with Crippen LogP contribution >= 0.6 is 0 Å². The summed E-state index contributed by atoms with van der Waals surface area (Å²) in [6, 6.07) is 11.3. The van der Waals surface area contributed by atoms with E-state index in [1.807, 2.05) is 30.3 Å². The first kappa shape index (κ1) is 15.8. The van der Waals surface area contributed by atoms with Crippen LogP contribution in [0.1, 0.15) is 18.7 Å². The van der Waals surface area contributed by atoms with Crippen LogP contribution in [0.25, 0.3) is 11.0 Å². The molecule has 0 saturated heterocycles. The molecule has 24 heavy (non-hydrogen) atoms. The van der Waals surface area contributed by atoms with Crippen molar-refractivity contribution >= 4 is 22.3 Å². The largest absolute Gasteiger partial charge is 0.497 e. The summed E-state index contributed by atoms with van der Waals surface area (Å²) < 4.78 is 24.7. The number of benzene rings is 2. The average molecular weight is 330 g/mol. The topological polar surface area (TPSA) is 77.5 Å². The lowest BCUT2D eigenvalue weighted by molar-refractivity contribution is -0.386. The third-order valence-corrected chi connectivity index (χ3v) is 3.70. The first-order chi connectivity index (χ1) is 11.5. The second kappa shape index (κ2) is 6.19. The number of para-hydroxylation sites is 1. The van der Waals surface area contributed by atoms with E-state index in [-0.39, 0.29) is 11.4 Å². The number of hydrogen-bond acceptors (Lipinski definition) is 5. The van der Waals surface area contributed by atoms with Gasteiger partial charge in [-0.2, -0.15) is 4.39 Å². The smallest absolute Gasteiger partial charge is 0.327 e. The van der Waals surface area contributed by atoms with E-state index in [9.17, 15) is 14.5 Å². The number of hydrogen-bond donors (Lipinski definition) is 1. The highest BCUT2D eigenvalue weighted by molar-refractivity contribution is 5.78. The van der Waals surface area contributed by atoms with Crippen molar-refractivity contribution in [1.29, 1.82) is 0 Å². The minimum absolute atomic E-state index is 0.0322. The molecule has 124 valence electrons. The molecule has 0 bridgehead atoms. The van der Waals surface area contributed by atoms with Crippen molar-refractivity contribution in [2.75, 3.05) is 12.4 Å². The molecule has 1 heterocycles. The van der Waals surface area contributed by atoms with Crippen molar-refractivity contribution in [3.8, 4) is 5.75 Å². The van der Waals surface area contributed by atoms with E-state index in [2.05, 4.69) is 5.32 Å². The maximum atomic E-state index is 14.0. The number of nitrogens with zero attached hydrogens (tertiary/aromatic N) is 1. The molecule has 0 radical (unpaired) electrons. The van der Waals surface area contributed by atoms with Crippen LogP contribution < -0.4 is 10.1 Å². The van der Waals surface area contributed by atoms with E-state index in [0.717, 1.165) is 11.5 Å². The van der Waals surface area contributed by atoms with Gasteiger partial charge in [0.05, 0.1) is 18.1 Å². The molecule has 0 aliphatic carbocycles. The van der Waals surface area contributed by atoms with E-state index in [4.69, 9.17) is 9.15 Å². The Kier molecular flexibility index (Phi) is 4.07. The van der Waals surface area contributed by atoms with Crippen molar-refractivity contribution in [2.24, 2.45) is 0 Å². The monoisotopic (exact) mass is 330 g/mol. The number of furan rings is 1. The van der Waals surface area contributed by atoms with Gasteiger partial charge in [-0.05, 0) is 19.1 Å². The third-order valence-electron chi connectivity index (χ3n) is 3.70. The molecule has 3 rings (SSSR count). The Morgan fingerprint density at radius 1 is 1.29 bits per heavy atom. The molecule has 0 aliphatic heterocycles. The molecule has 6 nitrogen and oxygen atoms in total. The van der Waals surface area contributed by atoms with E-state index >= 15 is 0 Å². The van der Waals surface area contributed by atoms with E-state index in [1.54, 1.807) is 6.92 Å². The van der Waals surface area contributed by atoms with Gasteiger partial charge in [0.1, 0.15) is 22.8 Å². The predicted molar refractivity (Wildman–Crippen MR) is 87.9 cm³/mol. The van der Waals surface area contributed by atoms with Crippen LogP contribution in [0.3, 0.4) is 0 Å². The van der Waals surface area contributed by atoms with Crippen LogP contribution in [-0.4, -0.2) is 12.0 Å². The van der Waals surface area contributed by atoms with Gasteiger partial charge in [0, 0.05) is 17.5 Å². The SMILES string of the molecule is COc1cc(F)c([N+](=O)[O-])c(N[C@H](C)c2cc3ccccc3o2)c1. The van der Waals surface area contributed by atoms with Crippen LogP contribution in [0.5, 0.6) is 5.75 Å². The normalized spacial score (nSPS) is 12.1. The number of fused-ring (bicyclic) bond motifs is 1. The van der Waals surface area contributed by atoms with Crippen LogP contribution in [0.2, 0.25) is 0 Å². The van der Waals surface area contributed by atoms with Gasteiger partial charge in [-0.3, -0.25) is 10.1 Å². The number of nitrogens with one attached hydrogen (secondary N) is 1. The summed E-state index contributed by atoms with van der Waals surface area (Å²) in [6.07, 6.45) is 0. The van der Waals surface area contributed by atoms with Crippen LogP contribution in [0.15, 0.2) is 46.9 Å². The van der Waals surface area contributed by atoms with Gasteiger partial charge in [0.15, 0.2) is 0 Å². The third kappa shape index (κ3) is 2.88. The fourth-order valence-electron chi connectivity index (χ4n) is 2.51. The summed E-state index contributed by atoms with van der Waals surface area (Å²) in [4.78, 5) is 10.4. The Morgan fingerprint density at radius 3 is 2.71 bits per heavy atom. The predicted octanol–water partition coefficient (Wildman–Crippen LogP) is 4.66. The van der Waals surface area contributed by atoms with E-state index in [1.165, 1.54) is 13.2 Å². The molecule has 2 aromatic carbocycles. The molecule has 0 spiro atoms. The van der Waals surface area contributed by atoms with Gasteiger partial charge in [-0.25, -0.2) is 0 Å². The molecule has 0 fully saturated rings. The Bertz CT molecular complexity index is 874. The molecule has 0 amide bonds. The highest BCUT2D eigenvalue weighted by Crippen LogP contribution is 2.35. The number of anilines is 1. The summed E-state index contributed by atoms with van der Waals surface area (Å²) in [5, 5.41) is 15.0. The van der Waals surface area contributed by atoms with Gasteiger partial charge in [0.25, 0.3) is 0 Å². The zero-order valence-corrected chi connectivity index (χ0v) is 13.1. The van der Waals surface area contributed by atoms with Crippen LogP contribution in [0, 0.1) is 15.9 Å². The summed E-state index contributed by atoms with van der Waals surface area (Å²) in [5.74, 6) is -0.176. The average Bonchev–Trinajstić information content (AvgIpc) is 2.98. The summed E-state index contributed by atoms with van der Waals surface area (Å²) >= 11 is 0. The minimum Gasteiger partial charge on any atom is -0.497 e. The molecular formula is C17H15FN2O4. The number of halogens is 1. The fraction of sp³-hybridized carbons (Fsp3) is 0.176.